The van der Waals surface area contributed by atoms with E-state index in [9.17, 15) is 0 Å². The van der Waals surface area contributed by atoms with Gasteiger partial charge in [-0.3, -0.25) is 4.90 Å². The smallest absolute Gasteiger partial charge is 0.0594 e. The van der Waals surface area contributed by atoms with Crippen molar-refractivity contribution in [2.45, 2.75) is 38.6 Å². The van der Waals surface area contributed by atoms with Crippen LogP contribution in [0.5, 0.6) is 0 Å². The largest absolute Gasteiger partial charge is 0.379 e. The average molecular weight is 389 g/mol. The number of nitrogens with zero attached hydrogens (tertiary/aromatic N) is 2. The van der Waals surface area contributed by atoms with Crippen LogP contribution in [-0.4, -0.2) is 81.9 Å². The summed E-state index contributed by atoms with van der Waals surface area (Å²) in [5.74, 6) is 0. The number of morpholine rings is 1. The van der Waals surface area contributed by atoms with Gasteiger partial charge in [0.05, 0.1) is 13.2 Å². The van der Waals surface area contributed by atoms with E-state index in [-0.39, 0.29) is 0 Å². The summed E-state index contributed by atoms with van der Waals surface area (Å²) in [6.45, 7) is 13.3. The monoisotopic (exact) mass is 388 g/mol. The Hall–Kier alpha value is -0.980. The minimum atomic E-state index is 0.900. The molecule has 5 heteroatoms. The molecule has 158 valence electrons. The number of hydrogen-bond donors (Lipinski definition) is 2. The average Bonchev–Trinajstić information content (AvgIpc) is 3.26. The summed E-state index contributed by atoms with van der Waals surface area (Å²) in [7, 11) is 0. The Bertz CT molecular complexity index is 510. The number of hydrogen-bond acceptors (Lipinski definition) is 5. The number of nitrogens with one attached hydrogen (secondary N) is 2. The fraction of sp³-hybridized carbons (Fsp3) is 0.739. The Morgan fingerprint density at radius 1 is 0.714 bits per heavy atom. The second-order valence-electron chi connectivity index (χ2n) is 8.20. The van der Waals surface area contributed by atoms with Crippen molar-refractivity contribution in [1.29, 1.82) is 0 Å². The summed E-state index contributed by atoms with van der Waals surface area (Å²) in [5.41, 5.74) is 2.82. The molecule has 0 unspecified atom stereocenters. The third-order valence-electron chi connectivity index (χ3n) is 5.90. The topological polar surface area (TPSA) is 39.8 Å². The van der Waals surface area contributed by atoms with Crippen LogP contribution < -0.4 is 10.6 Å². The van der Waals surface area contributed by atoms with Crippen molar-refractivity contribution in [3.63, 3.8) is 0 Å². The molecule has 0 amide bonds. The molecule has 0 atom stereocenters. The minimum absolute atomic E-state index is 0.900. The lowest BCUT2D eigenvalue weighted by atomic mass is 10.1. The van der Waals surface area contributed by atoms with Crippen LogP contribution in [0, 0.1) is 0 Å². The van der Waals surface area contributed by atoms with E-state index < -0.39 is 0 Å². The fourth-order valence-electron chi connectivity index (χ4n) is 4.10. The van der Waals surface area contributed by atoms with Crippen molar-refractivity contribution >= 4 is 0 Å². The molecule has 0 radical (unpaired) electrons. The van der Waals surface area contributed by atoms with Gasteiger partial charge in [-0.1, -0.05) is 24.3 Å². The summed E-state index contributed by atoms with van der Waals surface area (Å²) in [6.07, 6.45) is 6.38. The van der Waals surface area contributed by atoms with E-state index in [1.807, 2.05) is 0 Å². The van der Waals surface area contributed by atoms with Gasteiger partial charge in [0.1, 0.15) is 0 Å². The highest BCUT2D eigenvalue weighted by Crippen LogP contribution is 2.07. The summed E-state index contributed by atoms with van der Waals surface area (Å²) in [5, 5.41) is 7.17. The van der Waals surface area contributed by atoms with Crippen LogP contribution >= 0.6 is 0 Å². The summed E-state index contributed by atoms with van der Waals surface area (Å²) in [4.78, 5) is 5.09. The van der Waals surface area contributed by atoms with Gasteiger partial charge in [0, 0.05) is 19.6 Å². The normalized spacial score (nSPS) is 18.7. The van der Waals surface area contributed by atoms with E-state index in [2.05, 4.69) is 44.7 Å². The van der Waals surface area contributed by atoms with Gasteiger partial charge < -0.3 is 20.3 Å². The highest BCUT2D eigenvalue weighted by Gasteiger charge is 2.10. The Balaban J connectivity index is 1.17. The SMILES string of the molecule is c1cc(CNCCCN2CCCC2)ccc1CCNCCCN1CCOCC1. The molecule has 0 spiro atoms. The summed E-state index contributed by atoms with van der Waals surface area (Å²) < 4.78 is 5.39. The molecule has 2 heterocycles. The zero-order chi connectivity index (χ0) is 19.3. The summed E-state index contributed by atoms with van der Waals surface area (Å²) in [6, 6.07) is 9.13. The zero-order valence-corrected chi connectivity index (χ0v) is 17.6. The van der Waals surface area contributed by atoms with E-state index >= 15 is 0 Å². The maximum Gasteiger partial charge on any atom is 0.0594 e. The van der Waals surface area contributed by atoms with Crippen molar-refractivity contribution in [2.24, 2.45) is 0 Å². The van der Waals surface area contributed by atoms with Gasteiger partial charge in [-0.2, -0.15) is 0 Å². The van der Waals surface area contributed by atoms with E-state index in [0.717, 1.165) is 58.9 Å². The van der Waals surface area contributed by atoms with E-state index in [0.29, 0.717) is 0 Å². The quantitative estimate of drug-likeness (QED) is 0.507. The molecule has 0 bridgehead atoms. The maximum absolute atomic E-state index is 5.39. The van der Waals surface area contributed by atoms with Crippen molar-refractivity contribution in [3.8, 4) is 0 Å². The third-order valence-corrected chi connectivity index (χ3v) is 5.90. The van der Waals surface area contributed by atoms with E-state index in [4.69, 9.17) is 4.74 Å². The summed E-state index contributed by atoms with van der Waals surface area (Å²) >= 11 is 0. The number of likely N-dealkylation sites (tertiary alicyclic amines) is 1. The molecule has 1 aromatic carbocycles. The van der Waals surface area contributed by atoms with Gasteiger partial charge in [0.25, 0.3) is 0 Å². The van der Waals surface area contributed by atoms with Gasteiger partial charge in [-0.05, 0) is 89.0 Å². The highest BCUT2D eigenvalue weighted by atomic mass is 16.5. The second kappa shape index (κ2) is 13.3. The first-order chi connectivity index (χ1) is 13.9. The van der Waals surface area contributed by atoms with Crippen molar-refractivity contribution in [3.05, 3.63) is 35.4 Å². The van der Waals surface area contributed by atoms with Crippen molar-refractivity contribution in [1.82, 2.24) is 20.4 Å². The van der Waals surface area contributed by atoms with Crippen LogP contribution in [-0.2, 0) is 17.7 Å². The molecule has 0 aromatic heterocycles. The predicted octanol–water partition coefficient (Wildman–Crippen LogP) is 2.12. The lowest BCUT2D eigenvalue weighted by molar-refractivity contribution is 0.0375. The Labute approximate surface area is 171 Å². The van der Waals surface area contributed by atoms with Crippen molar-refractivity contribution in [2.75, 3.05) is 72.1 Å². The van der Waals surface area contributed by atoms with Crippen LogP contribution in [0.2, 0.25) is 0 Å². The molecular weight excluding hydrogens is 348 g/mol. The van der Waals surface area contributed by atoms with Gasteiger partial charge in [-0.25, -0.2) is 0 Å². The standard InChI is InChI=1S/C23H40N4O/c1-2-14-26(13-1)15-4-11-25-21-23-7-5-22(6-8-23)9-12-24-10-3-16-27-17-19-28-20-18-27/h5-8,24-25H,1-4,9-21H2. The molecule has 2 aliphatic rings. The second-order valence-corrected chi connectivity index (χ2v) is 8.20. The van der Waals surface area contributed by atoms with Crippen LogP contribution in [0.15, 0.2) is 24.3 Å². The molecule has 3 rings (SSSR count). The van der Waals surface area contributed by atoms with Gasteiger partial charge in [-0.15, -0.1) is 0 Å². The minimum Gasteiger partial charge on any atom is -0.379 e. The molecule has 2 fully saturated rings. The Morgan fingerprint density at radius 2 is 1.32 bits per heavy atom. The molecule has 5 nitrogen and oxygen atoms in total. The number of rotatable bonds is 13. The van der Waals surface area contributed by atoms with Crippen LogP contribution in [0.4, 0.5) is 0 Å². The number of ether oxygens (including phenoxy) is 1. The predicted molar refractivity (Wildman–Crippen MR) is 117 cm³/mol. The molecule has 0 saturated carbocycles. The molecule has 2 N–H and O–H groups in total. The van der Waals surface area contributed by atoms with E-state index in [1.54, 1.807) is 0 Å². The van der Waals surface area contributed by atoms with E-state index in [1.165, 1.54) is 63.0 Å². The fourth-order valence-corrected chi connectivity index (χ4v) is 4.10. The first-order valence-corrected chi connectivity index (χ1v) is 11.4. The van der Waals surface area contributed by atoms with Crippen molar-refractivity contribution < 1.29 is 4.74 Å². The molecule has 2 saturated heterocycles. The lowest BCUT2D eigenvalue weighted by Crippen LogP contribution is -2.37. The highest BCUT2D eigenvalue weighted by molar-refractivity contribution is 5.22. The van der Waals surface area contributed by atoms with Crippen LogP contribution in [0.1, 0.15) is 36.8 Å². The van der Waals surface area contributed by atoms with Gasteiger partial charge in [0.15, 0.2) is 0 Å². The van der Waals surface area contributed by atoms with Crippen LogP contribution in [0.3, 0.4) is 0 Å². The maximum atomic E-state index is 5.39. The third kappa shape index (κ3) is 8.58. The zero-order valence-electron chi connectivity index (χ0n) is 17.6. The molecule has 28 heavy (non-hydrogen) atoms. The molecule has 2 aliphatic heterocycles. The first-order valence-electron chi connectivity index (χ1n) is 11.4. The Morgan fingerprint density at radius 3 is 2.04 bits per heavy atom. The lowest BCUT2D eigenvalue weighted by Gasteiger charge is -2.26. The Kier molecular flexibility index (Phi) is 10.3. The first kappa shape index (κ1) is 21.7. The van der Waals surface area contributed by atoms with Gasteiger partial charge in [0.2, 0.25) is 0 Å². The molecular formula is C23H40N4O. The van der Waals surface area contributed by atoms with Crippen LogP contribution in [0.25, 0.3) is 0 Å². The molecule has 1 aromatic rings. The number of benzene rings is 1. The molecule has 0 aliphatic carbocycles. The van der Waals surface area contributed by atoms with Gasteiger partial charge >= 0.3 is 0 Å².